The molecule has 3 nitrogen and oxygen atoms in total. The van der Waals surface area contributed by atoms with Gasteiger partial charge in [0, 0.05) is 5.56 Å². The first-order valence-electron chi connectivity index (χ1n) is 6.52. The molecule has 1 aromatic rings. The molecule has 1 aliphatic carbocycles. The zero-order valence-electron chi connectivity index (χ0n) is 10.9. The molecule has 3 unspecified atom stereocenters. The Kier molecular flexibility index (Phi) is 4.17. The maximum Gasteiger partial charge on any atom is 0.219 e. The maximum atomic E-state index is 13.0. The Balaban J connectivity index is 2.05. The van der Waals surface area contributed by atoms with Gasteiger partial charge in [0.25, 0.3) is 0 Å². The van der Waals surface area contributed by atoms with Crippen molar-refractivity contribution in [3.05, 3.63) is 23.6 Å². The Bertz CT molecular complexity index is 411. The van der Waals surface area contributed by atoms with E-state index in [9.17, 15) is 9.50 Å². The van der Waals surface area contributed by atoms with Gasteiger partial charge in [-0.2, -0.15) is 0 Å². The predicted molar refractivity (Wildman–Crippen MR) is 66.7 cm³/mol. The predicted octanol–water partition coefficient (Wildman–Crippen LogP) is 2.92. The van der Waals surface area contributed by atoms with Crippen molar-refractivity contribution in [2.45, 2.75) is 45.8 Å². The lowest BCUT2D eigenvalue weighted by molar-refractivity contribution is 0.0936. The van der Waals surface area contributed by atoms with Gasteiger partial charge in [0.2, 0.25) is 5.88 Å². The van der Waals surface area contributed by atoms with Crippen LogP contribution in [0.4, 0.5) is 4.39 Å². The lowest BCUT2D eigenvalue weighted by Crippen LogP contribution is -2.29. The van der Waals surface area contributed by atoms with E-state index in [1.54, 1.807) is 0 Å². The molecule has 0 bridgehead atoms. The number of hydrogen-bond acceptors (Lipinski definition) is 3. The van der Waals surface area contributed by atoms with Gasteiger partial charge in [-0.1, -0.05) is 13.8 Å². The Morgan fingerprint density at radius 2 is 2.17 bits per heavy atom. The van der Waals surface area contributed by atoms with Gasteiger partial charge >= 0.3 is 0 Å². The van der Waals surface area contributed by atoms with Crippen LogP contribution in [0.25, 0.3) is 0 Å². The van der Waals surface area contributed by atoms with Gasteiger partial charge in [-0.15, -0.1) is 0 Å². The molecule has 0 radical (unpaired) electrons. The van der Waals surface area contributed by atoms with E-state index in [0.717, 1.165) is 31.4 Å². The van der Waals surface area contributed by atoms with Crippen molar-refractivity contribution < 1.29 is 14.2 Å². The van der Waals surface area contributed by atoms with E-state index < -0.39 is 5.82 Å². The van der Waals surface area contributed by atoms with Crippen molar-refractivity contribution in [1.82, 2.24) is 4.98 Å². The van der Waals surface area contributed by atoms with Crippen molar-refractivity contribution in [3.8, 4) is 5.88 Å². The third kappa shape index (κ3) is 2.99. The standard InChI is InChI=1S/C14H20FNO2/c1-9-3-4-13(5-10(9)2)18-14-11(8-17)6-12(15)7-16-14/h6-7,9-10,13,17H,3-5,8H2,1-2H3. The number of halogens is 1. The topological polar surface area (TPSA) is 42.4 Å². The second-order valence-electron chi connectivity index (χ2n) is 5.28. The van der Waals surface area contributed by atoms with Crippen LogP contribution in [0, 0.1) is 17.7 Å². The molecule has 1 saturated carbocycles. The zero-order valence-corrected chi connectivity index (χ0v) is 10.9. The average Bonchev–Trinajstić information content (AvgIpc) is 2.36. The van der Waals surface area contributed by atoms with Crippen molar-refractivity contribution in [1.29, 1.82) is 0 Å². The van der Waals surface area contributed by atoms with Gasteiger partial charge in [-0.05, 0) is 37.2 Å². The van der Waals surface area contributed by atoms with Gasteiger partial charge < -0.3 is 9.84 Å². The summed E-state index contributed by atoms with van der Waals surface area (Å²) < 4.78 is 18.8. The molecule has 18 heavy (non-hydrogen) atoms. The first kappa shape index (κ1) is 13.3. The highest BCUT2D eigenvalue weighted by atomic mass is 19.1. The first-order valence-corrected chi connectivity index (χ1v) is 6.52. The molecule has 1 aromatic heterocycles. The zero-order chi connectivity index (χ0) is 13.1. The van der Waals surface area contributed by atoms with E-state index in [-0.39, 0.29) is 12.7 Å². The Labute approximate surface area is 107 Å². The van der Waals surface area contributed by atoms with Gasteiger partial charge in [0.15, 0.2) is 0 Å². The molecule has 100 valence electrons. The average molecular weight is 253 g/mol. The molecule has 4 heteroatoms. The van der Waals surface area contributed by atoms with Crippen LogP contribution in [-0.4, -0.2) is 16.2 Å². The highest BCUT2D eigenvalue weighted by molar-refractivity contribution is 5.25. The van der Waals surface area contributed by atoms with E-state index in [0.29, 0.717) is 17.4 Å². The minimum Gasteiger partial charge on any atom is -0.474 e. The largest absolute Gasteiger partial charge is 0.474 e. The summed E-state index contributed by atoms with van der Waals surface area (Å²) in [7, 11) is 0. The molecule has 1 fully saturated rings. The fraction of sp³-hybridized carbons (Fsp3) is 0.643. The molecule has 0 aromatic carbocycles. The fourth-order valence-electron chi connectivity index (χ4n) is 2.45. The molecule has 1 heterocycles. The summed E-state index contributed by atoms with van der Waals surface area (Å²) >= 11 is 0. The van der Waals surface area contributed by atoms with Gasteiger partial charge in [-0.25, -0.2) is 9.37 Å². The van der Waals surface area contributed by atoms with Crippen LogP contribution in [0.2, 0.25) is 0 Å². The third-order valence-electron chi connectivity index (χ3n) is 3.89. The Morgan fingerprint density at radius 1 is 1.39 bits per heavy atom. The molecular weight excluding hydrogens is 233 g/mol. The van der Waals surface area contributed by atoms with Gasteiger partial charge in [0.05, 0.1) is 12.8 Å². The molecular formula is C14H20FNO2. The highest BCUT2D eigenvalue weighted by Gasteiger charge is 2.26. The summed E-state index contributed by atoms with van der Waals surface area (Å²) in [6.45, 7) is 4.24. The number of aromatic nitrogens is 1. The van der Waals surface area contributed by atoms with E-state index in [1.165, 1.54) is 6.07 Å². The van der Waals surface area contributed by atoms with Crippen molar-refractivity contribution in [2.24, 2.45) is 11.8 Å². The van der Waals surface area contributed by atoms with Crippen molar-refractivity contribution >= 4 is 0 Å². The molecule has 2 rings (SSSR count). The number of pyridine rings is 1. The number of hydrogen-bond donors (Lipinski definition) is 1. The number of ether oxygens (including phenoxy) is 1. The quantitative estimate of drug-likeness (QED) is 0.900. The summed E-state index contributed by atoms with van der Waals surface area (Å²) in [6, 6.07) is 1.28. The van der Waals surface area contributed by atoms with Crippen LogP contribution in [0.3, 0.4) is 0 Å². The van der Waals surface area contributed by atoms with Crippen LogP contribution >= 0.6 is 0 Å². The normalized spacial score (nSPS) is 28.1. The van der Waals surface area contributed by atoms with Gasteiger partial charge in [-0.3, -0.25) is 0 Å². The van der Waals surface area contributed by atoms with Crippen LogP contribution in [0.1, 0.15) is 38.7 Å². The maximum absolute atomic E-state index is 13.0. The summed E-state index contributed by atoms with van der Waals surface area (Å²) in [5.74, 6) is 1.27. The lowest BCUT2D eigenvalue weighted by Gasteiger charge is -2.32. The number of aliphatic hydroxyl groups excluding tert-OH is 1. The number of aliphatic hydroxyl groups is 1. The number of nitrogens with zero attached hydrogens (tertiary/aromatic N) is 1. The van der Waals surface area contributed by atoms with Crippen LogP contribution in [-0.2, 0) is 6.61 Å². The molecule has 0 saturated heterocycles. The molecule has 1 aliphatic rings. The highest BCUT2D eigenvalue weighted by Crippen LogP contribution is 2.32. The molecule has 1 N–H and O–H groups in total. The molecule has 0 amide bonds. The smallest absolute Gasteiger partial charge is 0.219 e. The summed E-state index contributed by atoms with van der Waals surface area (Å²) in [5, 5.41) is 9.18. The molecule has 0 spiro atoms. The first-order chi connectivity index (χ1) is 8.60. The Hall–Kier alpha value is -1.16. The second-order valence-corrected chi connectivity index (χ2v) is 5.28. The number of rotatable bonds is 3. The summed E-state index contributed by atoms with van der Waals surface area (Å²) in [4.78, 5) is 3.93. The monoisotopic (exact) mass is 253 g/mol. The minimum atomic E-state index is -0.447. The SMILES string of the molecule is CC1CCC(Oc2ncc(F)cc2CO)CC1C. The summed E-state index contributed by atoms with van der Waals surface area (Å²) in [6.07, 6.45) is 4.38. The lowest BCUT2D eigenvalue weighted by atomic mass is 9.80. The molecule has 0 aliphatic heterocycles. The Morgan fingerprint density at radius 3 is 2.83 bits per heavy atom. The third-order valence-corrected chi connectivity index (χ3v) is 3.89. The minimum absolute atomic E-state index is 0.125. The van der Waals surface area contributed by atoms with Crippen LogP contribution < -0.4 is 4.74 Å². The van der Waals surface area contributed by atoms with Gasteiger partial charge in [0.1, 0.15) is 11.9 Å². The van der Waals surface area contributed by atoms with Crippen molar-refractivity contribution in [3.63, 3.8) is 0 Å². The van der Waals surface area contributed by atoms with Crippen LogP contribution in [0.5, 0.6) is 5.88 Å². The fourth-order valence-corrected chi connectivity index (χ4v) is 2.45. The van der Waals surface area contributed by atoms with E-state index in [1.807, 2.05) is 0 Å². The van der Waals surface area contributed by atoms with E-state index in [4.69, 9.17) is 4.74 Å². The van der Waals surface area contributed by atoms with E-state index in [2.05, 4.69) is 18.8 Å². The van der Waals surface area contributed by atoms with Crippen molar-refractivity contribution in [2.75, 3.05) is 0 Å². The summed E-state index contributed by atoms with van der Waals surface area (Å²) in [5.41, 5.74) is 0.418. The van der Waals surface area contributed by atoms with E-state index >= 15 is 0 Å². The van der Waals surface area contributed by atoms with Crippen LogP contribution in [0.15, 0.2) is 12.3 Å². The molecule has 3 atom stereocenters. The second kappa shape index (κ2) is 5.65.